The molecule has 0 radical (unpaired) electrons. The topological polar surface area (TPSA) is 27.3 Å². The van der Waals surface area contributed by atoms with Crippen molar-refractivity contribution >= 4 is 5.69 Å². The van der Waals surface area contributed by atoms with E-state index in [2.05, 4.69) is 10.6 Å². The molecule has 0 unspecified atom stereocenters. The predicted octanol–water partition coefficient (Wildman–Crippen LogP) is 1.74. The Kier molecular flexibility index (Phi) is 5.54. The molecule has 2 heterocycles. The lowest BCUT2D eigenvalue weighted by molar-refractivity contribution is 0.554. The predicted molar refractivity (Wildman–Crippen MR) is 73.5 cm³/mol. The molecule has 0 spiro atoms. The van der Waals surface area contributed by atoms with Crippen LogP contribution in [0.4, 0.5) is 14.5 Å². The summed E-state index contributed by atoms with van der Waals surface area (Å²) in [6.45, 7) is 5.72. The first-order valence-electron chi connectivity index (χ1n) is 6.89. The molecule has 3 rings (SSSR count). The number of hydrogen-bond donors (Lipinski definition) is 2. The van der Waals surface area contributed by atoms with Crippen LogP contribution in [0.25, 0.3) is 0 Å². The monoisotopic (exact) mass is 269 g/mol. The van der Waals surface area contributed by atoms with Crippen LogP contribution in [-0.2, 0) is 0 Å². The van der Waals surface area contributed by atoms with Crippen molar-refractivity contribution < 1.29 is 8.78 Å². The second-order valence-corrected chi connectivity index (χ2v) is 4.79. The molecule has 2 aliphatic heterocycles. The van der Waals surface area contributed by atoms with Crippen LogP contribution in [0.3, 0.4) is 0 Å². The van der Waals surface area contributed by atoms with Gasteiger partial charge in [0.25, 0.3) is 0 Å². The summed E-state index contributed by atoms with van der Waals surface area (Å²) in [7, 11) is 0. The van der Waals surface area contributed by atoms with Crippen LogP contribution in [0.5, 0.6) is 0 Å². The largest absolute Gasteiger partial charge is 0.367 e. The highest BCUT2D eigenvalue weighted by Crippen LogP contribution is 2.20. The minimum atomic E-state index is -0.526. The molecule has 2 fully saturated rings. The number of benzene rings is 1. The third kappa shape index (κ3) is 4.44. The molecule has 19 heavy (non-hydrogen) atoms. The quantitative estimate of drug-likeness (QED) is 0.813. The fourth-order valence-electron chi connectivity index (χ4n) is 2.27. The third-order valence-electron chi connectivity index (χ3n) is 3.32. The number of anilines is 1. The van der Waals surface area contributed by atoms with Gasteiger partial charge in [-0.05, 0) is 38.1 Å². The minimum absolute atomic E-state index is 0.480. The highest BCUT2D eigenvalue weighted by Gasteiger charge is 2.14. The van der Waals surface area contributed by atoms with E-state index in [0.717, 1.165) is 32.2 Å². The summed E-state index contributed by atoms with van der Waals surface area (Å²) in [5.41, 5.74) is 0.493. The van der Waals surface area contributed by atoms with E-state index in [0.29, 0.717) is 5.69 Å². The number of piperazine rings is 1. The molecule has 5 heteroatoms. The van der Waals surface area contributed by atoms with Gasteiger partial charge in [-0.3, -0.25) is 0 Å². The van der Waals surface area contributed by atoms with Gasteiger partial charge in [-0.2, -0.15) is 0 Å². The summed E-state index contributed by atoms with van der Waals surface area (Å²) in [6, 6.07) is 3.72. The van der Waals surface area contributed by atoms with Crippen LogP contribution >= 0.6 is 0 Å². The number of hydrogen-bond acceptors (Lipinski definition) is 3. The molecule has 0 bridgehead atoms. The van der Waals surface area contributed by atoms with Gasteiger partial charge in [0.1, 0.15) is 11.6 Å². The van der Waals surface area contributed by atoms with Gasteiger partial charge in [-0.25, -0.2) is 8.78 Å². The maximum atomic E-state index is 13.3. The Morgan fingerprint density at radius 3 is 2.05 bits per heavy atom. The molecule has 0 saturated carbocycles. The van der Waals surface area contributed by atoms with E-state index >= 15 is 0 Å². The second-order valence-electron chi connectivity index (χ2n) is 4.79. The molecule has 2 N–H and O–H groups in total. The average molecular weight is 269 g/mol. The normalized spacial score (nSPS) is 18.9. The van der Waals surface area contributed by atoms with Gasteiger partial charge in [-0.1, -0.05) is 0 Å². The van der Waals surface area contributed by atoms with E-state index in [1.807, 2.05) is 4.90 Å². The van der Waals surface area contributed by atoms with Gasteiger partial charge >= 0.3 is 0 Å². The Balaban J connectivity index is 0.000000224. The maximum Gasteiger partial charge on any atom is 0.149 e. The van der Waals surface area contributed by atoms with Crippen molar-refractivity contribution in [3.05, 3.63) is 29.8 Å². The van der Waals surface area contributed by atoms with Crippen molar-refractivity contribution in [2.75, 3.05) is 44.2 Å². The lowest BCUT2D eigenvalue weighted by Gasteiger charge is -2.29. The molecule has 1 aromatic rings. The number of nitrogens with one attached hydrogen (secondary N) is 2. The summed E-state index contributed by atoms with van der Waals surface area (Å²) >= 11 is 0. The van der Waals surface area contributed by atoms with Crippen molar-refractivity contribution in [2.45, 2.75) is 12.8 Å². The van der Waals surface area contributed by atoms with Crippen LogP contribution in [0.1, 0.15) is 12.8 Å². The SMILES string of the molecule is C1CCNC1.Fc1ccc(N2CCNCC2)c(F)c1. The van der Waals surface area contributed by atoms with Crippen LogP contribution in [-0.4, -0.2) is 39.3 Å². The second kappa shape index (κ2) is 7.40. The highest BCUT2D eigenvalue weighted by atomic mass is 19.1. The van der Waals surface area contributed by atoms with Crippen molar-refractivity contribution in [3.8, 4) is 0 Å². The van der Waals surface area contributed by atoms with Crippen molar-refractivity contribution in [2.24, 2.45) is 0 Å². The van der Waals surface area contributed by atoms with Crippen LogP contribution < -0.4 is 15.5 Å². The third-order valence-corrected chi connectivity index (χ3v) is 3.32. The van der Waals surface area contributed by atoms with Gasteiger partial charge in [0.05, 0.1) is 5.69 Å². The first-order chi connectivity index (χ1) is 9.27. The number of halogens is 2. The molecular formula is C14H21F2N3. The van der Waals surface area contributed by atoms with Crippen molar-refractivity contribution in [3.63, 3.8) is 0 Å². The van der Waals surface area contributed by atoms with Crippen LogP contribution in [0.2, 0.25) is 0 Å². The first-order valence-corrected chi connectivity index (χ1v) is 6.89. The smallest absolute Gasteiger partial charge is 0.149 e. The van der Waals surface area contributed by atoms with E-state index in [-0.39, 0.29) is 0 Å². The number of rotatable bonds is 1. The fourth-order valence-corrected chi connectivity index (χ4v) is 2.27. The molecule has 0 aromatic heterocycles. The Labute approximate surface area is 113 Å². The molecule has 0 aliphatic carbocycles. The van der Waals surface area contributed by atoms with Crippen molar-refractivity contribution in [1.82, 2.24) is 10.6 Å². The fraction of sp³-hybridized carbons (Fsp3) is 0.571. The standard InChI is InChI=1S/C10H12F2N2.C4H9N/c11-8-1-2-10(9(12)7-8)14-5-3-13-4-6-14;1-2-4-5-3-1/h1-2,7,13H,3-6H2;5H,1-4H2. The lowest BCUT2D eigenvalue weighted by Crippen LogP contribution is -2.43. The van der Waals surface area contributed by atoms with E-state index < -0.39 is 11.6 Å². The zero-order chi connectivity index (χ0) is 13.5. The molecular weight excluding hydrogens is 248 g/mol. The van der Waals surface area contributed by atoms with Gasteiger partial charge in [-0.15, -0.1) is 0 Å². The molecule has 0 atom stereocenters. The lowest BCUT2D eigenvalue weighted by atomic mass is 10.2. The zero-order valence-corrected chi connectivity index (χ0v) is 11.1. The summed E-state index contributed by atoms with van der Waals surface area (Å²) < 4.78 is 26.0. The Morgan fingerprint density at radius 2 is 1.53 bits per heavy atom. The molecule has 1 aromatic carbocycles. The minimum Gasteiger partial charge on any atom is -0.367 e. The Bertz CT molecular complexity index is 381. The summed E-state index contributed by atoms with van der Waals surface area (Å²) in [6.07, 6.45) is 2.78. The van der Waals surface area contributed by atoms with Crippen LogP contribution in [0.15, 0.2) is 18.2 Å². The molecule has 3 nitrogen and oxygen atoms in total. The van der Waals surface area contributed by atoms with E-state index in [4.69, 9.17) is 0 Å². The van der Waals surface area contributed by atoms with E-state index in [1.165, 1.54) is 38.1 Å². The van der Waals surface area contributed by atoms with E-state index in [9.17, 15) is 8.78 Å². The zero-order valence-electron chi connectivity index (χ0n) is 11.1. The molecule has 106 valence electrons. The van der Waals surface area contributed by atoms with Gasteiger partial charge in [0, 0.05) is 32.2 Å². The summed E-state index contributed by atoms with van der Waals surface area (Å²) in [5, 5.41) is 6.40. The van der Waals surface area contributed by atoms with Gasteiger partial charge in [0.2, 0.25) is 0 Å². The molecule has 2 saturated heterocycles. The highest BCUT2D eigenvalue weighted by molar-refractivity contribution is 5.48. The van der Waals surface area contributed by atoms with Gasteiger partial charge < -0.3 is 15.5 Å². The summed E-state index contributed by atoms with van der Waals surface area (Å²) in [4.78, 5) is 1.92. The van der Waals surface area contributed by atoms with Crippen molar-refractivity contribution in [1.29, 1.82) is 0 Å². The number of nitrogens with zero attached hydrogens (tertiary/aromatic N) is 1. The Hall–Kier alpha value is -1.20. The first kappa shape index (κ1) is 14.2. The van der Waals surface area contributed by atoms with Crippen LogP contribution in [0, 0.1) is 11.6 Å². The molecule has 2 aliphatic rings. The molecule has 0 amide bonds. The van der Waals surface area contributed by atoms with E-state index in [1.54, 1.807) is 0 Å². The summed E-state index contributed by atoms with van der Waals surface area (Å²) in [5.74, 6) is -1.01. The van der Waals surface area contributed by atoms with Gasteiger partial charge in [0.15, 0.2) is 0 Å². The Morgan fingerprint density at radius 1 is 0.895 bits per heavy atom. The average Bonchev–Trinajstić information content (AvgIpc) is 2.99. The maximum absolute atomic E-state index is 13.3.